The molecule has 1 amide bonds. The number of carbonyl (C=O) groups excluding carboxylic acids is 1. The van der Waals surface area contributed by atoms with Crippen LogP contribution in [0.1, 0.15) is 28.4 Å². The van der Waals surface area contributed by atoms with Crippen molar-refractivity contribution in [1.29, 1.82) is 0 Å². The summed E-state index contributed by atoms with van der Waals surface area (Å²) in [5, 5.41) is 3.13. The van der Waals surface area contributed by atoms with E-state index in [0.29, 0.717) is 22.2 Å². The van der Waals surface area contributed by atoms with Gasteiger partial charge >= 0.3 is 6.18 Å². The summed E-state index contributed by atoms with van der Waals surface area (Å²) >= 11 is 6.06. The number of halogens is 4. The minimum absolute atomic E-state index is 0.0140. The van der Waals surface area contributed by atoms with E-state index in [1.165, 1.54) is 5.56 Å². The molecule has 3 nitrogen and oxygen atoms in total. The number of para-hydroxylation sites is 1. The summed E-state index contributed by atoms with van der Waals surface area (Å²) in [7, 11) is 0. The number of aromatic nitrogens is 1. The lowest BCUT2D eigenvalue weighted by Gasteiger charge is -2.13. The molecular weight excluding hydrogens is 437 g/mol. The van der Waals surface area contributed by atoms with E-state index in [1.807, 2.05) is 30.3 Å². The van der Waals surface area contributed by atoms with Gasteiger partial charge in [0, 0.05) is 10.9 Å². The van der Waals surface area contributed by atoms with Gasteiger partial charge in [-0.3, -0.25) is 4.79 Å². The Labute approximate surface area is 187 Å². The fourth-order valence-corrected chi connectivity index (χ4v) is 3.57. The number of hydrogen-bond acceptors (Lipinski definition) is 2. The van der Waals surface area contributed by atoms with E-state index in [2.05, 4.69) is 17.2 Å². The molecule has 162 valence electrons. The maximum Gasteiger partial charge on any atom is 0.416 e. The zero-order valence-corrected chi connectivity index (χ0v) is 17.8. The molecule has 4 aromatic rings. The number of alkyl halides is 3. The van der Waals surface area contributed by atoms with Crippen molar-refractivity contribution in [3.63, 3.8) is 0 Å². The van der Waals surface area contributed by atoms with E-state index in [9.17, 15) is 18.0 Å². The molecule has 0 saturated heterocycles. The Bertz CT molecular complexity index is 1300. The highest BCUT2D eigenvalue weighted by atomic mass is 35.5. The molecule has 7 heteroatoms. The quantitative estimate of drug-likeness (QED) is 0.349. The van der Waals surface area contributed by atoms with Crippen molar-refractivity contribution >= 4 is 34.1 Å². The molecule has 32 heavy (non-hydrogen) atoms. The van der Waals surface area contributed by atoms with Gasteiger partial charge < -0.3 is 5.32 Å². The van der Waals surface area contributed by atoms with E-state index in [-0.39, 0.29) is 10.7 Å². The van der Waals surface area contributed by atoms with Crippen molar-refractivity contribution in [2.75, 3.05) is 5.32 Å². The summed E-state index contributed by atoms with van der Waals surface area (Å²) in [5.74, 6) is -0.573. The van der Waals surface area contributed by atoms with Crippen LogP contribution in [0.5, 0.6) is 0 Å². The summed E-state index contributed by atoms with van der Waals surface area (Å²) in [6, 6.07) is 19.4. The molecular formula is C25H18ClF3N2O. The largest absolute Gasteiger partial charge is 0.416 e. The standard InChI is InChI=1S/C25H18ClF3N2O/c1-2-15-7-9-16(10-8-15)22-14-19(18-5-3-4-6-21(18)30-22)24(32)31-23-13-17(25(27,28)29)11-12-20(23)26/h3-14H,2H2,1H3,(H,31,32). The lowest BCUT2D eigenvalue weighted by molar-refractivity contribution is -0.137. The van der Waals surface area contributed by atoms with Crippen molar-refractivity contribution in [3.05, 3.63) is 94.5 Å². The Kier molecular flexibility index (Phi) is 5.89. The van der Waals surface area contributed by atoms with Gasteiger partial charge in [-0.25, -0.2) is 4.98 Å². The number of fused-ring (bicyclic) bond motifs is 1. The second-order valence-electron chi connectivity index (χ2n) is 7.27. The van der Waals surface area contributed by atoms with Crippen LogP contribution < -0.4 is 5.32 Å². The normalized spacial score (nSPS) is 11.5. The number of pyridine rings is 1. The Morgan fingerprint density at radius 1 is 1.00 bits per heavy atom. The lowest BCUT2D eigenvalue weighted by atomic mass is 10.0. The van der Waals surface area contributed by atoms with Crippen molar-refractivity contribution in [1.82, 2.24) is 4.98 Å². The monoisotopic (exact) mass is 454 g/mol. The first-order valence-corrected chi connectivity index (χ1v) is 10.3. The van der Waals surface area contributed by atoms with E-state index >= 15 is 0 Å². The smallest absolute Gasteiger partial charge is 0.321 e. The van der Waals surface area contributed by atoms with Gasteiger partial charge in [-0.2, -0.15) is 13.2 Å². The van der Waals surface area contributed by atoms with Crippen LogP contribution in [-0.2, 0) is 12.6 Å². The highest BCUT2D eigenvalue weighted by molar-refractivity contribution is 6.34. The van der Waals surface area contributed by atoms with Crippen molar-refractivity contribution in [2.45, 2.75) is 19.5 Å². The summed E-state index contributed by atoms with van der Waals surface area (Å²) in [6.45, 7) is 2.06. The van der Waals surface area contributed by atoms with Crippen LogP contribution in [0, 0.1) is 0 Å². The molecule has 0 aliphatic rings. The Morgan fingerprint density at radius 2 is 1.72 bits per heavy atom. The number of carbonyl (C=O) groups is 1. The van der Waals surface area contributed by atoms with Crippen LogP contribution in [0.15, 0.2) is 72.8 Å². The van der Waals surface area contributed by atoms with Gasteiger partial charge in [0.05, 0.1) is 33.0 Å². The van der Waals surface area contributed by atoms with Crippen molar-refractivity contribution in [2.24, 2.45) is 0 Å². The molecule has 1 heterocycles. The van der Waals surface area contributed by atoms with Crippen LogP contribution >= 0.6 is 11.6 Å². The molecule has 0 spiro atoms. The SMILES string of the molecule is CCc1ccc(-c2cc(C(=O)Nc3cc(C(F)(F)F)ccc3Cl)c3ccccc3n2)cc1. The molecule has 3 aromatic carbocycles. The fraction of sp³-hybridized carbons (Fsp3) is 0.120. The molecule has 1 N–H and O–H groups in total. The summed E-state index contributed by atoms with van der Waals surface area (Å²) in [6.07, 6.45) is -3.65. The maximum absolute atomic E-state index is 13.1. The maximum atomic E-state index is 13.1. The third-order valence-corrected chi connectivity index (χ3v) is 5.49. The Morgan fingerprint density at radius 3 is 2.41 bits per heavy atom. The van der Waals surface area contributed by atoms with Gasteiger partial charge in [-0.05, 0) is 42.3 Å². The fourth-order valence-electron chi connectivity index (χ4n) is 3.41. The minimum atomic E-state index is -4.55. The van der Waals surface area contributed by atoms with E-state index in [1.54, 1.807) is 24.3 Å². The third kappa shape index (κ3) is 4.46. The Balaban J connectivity index is 1.77. The van der Waals surface area contributed by atoms with Crippen LogP contribution in [0.4, 0.5) is 18.9 Å². The molecule has 0 saturated carbocycles. The van der Waals surface area contributed by atoms with Gasteiger partial charge in [-0.15, -0.1) is 0 Å². The Hall–Kier alpha value is -3.38. The number of nitrogens with one attached hydrogen (secondary N) is 1. The second-order valence-corrected chi connectivity index (χ2v) is 7.68. The average Bonchev–Trinajstić information content (AvgIpc) is 2.79. The number of benzene rings is 3. The molecule has 0 aliphatic carbocycles. The van der Waals surface area contributed by atoms with Crippen LogP contribution in [0.2, 0.25) is 5.02 Å². The third-order valence-electron chi connectivity index (χ3n) is 5.16. The number of aryl methyl sites for hydroxylation is 1. The van der Waals surface area contributed by atoms with Crippen molar-refractivity contribution < 1.29 is 18.0 Å². The predicted molar refractivity (Wildman–Crippen MR) is 121 cm³/mol. The summed E-state index contributed by atoms with van der Waals surface area (Å²) in [4.78, 5) is 17.8. The minimum Gasteiger partial charge on any atom is -0.321 e. The van der Waals surface area contributed by atoms with E-state index in [0.717, 1.165) is 30.2 Å². The molecule has 0 atom stereocenters. The zero-order valence-electron chi connectivity index (χ0n) is 17.0. The van der Waals surface area contributed by atoms with Gasteiger partial charge in [0.25, 0.3) is 5.91 Å². The zero-order chi connectivity index (χ0) is 22.9. The highest BCUT2D eigenvalue weighted by Crippen LogP contribution is 2.34. The number of anilines is 1. The topological polar surface area (TPSA) is 42.0 Å². The number of hydrogen-bond donors (Lipinski definition) is 1. The molecule has 1 aromatic heterocycles. The van der Waals surface area contributed by atoms with Gasteiger partial charge in [0.15, 0.2) is 0 Å². The highest BCUT2D eigenvalue weighted by Gasteiger charge is 2.31. The molecule has 0 radical (unpaired) electrons. The van der Waals surface area contributed by atoms with E-state index in [4.69, 9.17) is 11.6 Å². The first kappa shape index (κ1) is 21.8. The summed E-state index contributed by atoms with van der Waals surface area (Å²) in [5.41, 5.74) is 2.48. The van der Waals surface area contributed by atoms with Gasteiger partial charge in [-0.1, -0.05) is 61.0 Å². The average molecular weight is 455 g/mol. The number of amides is 1. The van der Waals surface area contributed by atoms with Crippen LogP contribution in [0.25, 0.3) is 22.2 Å². The van der Waals surface area contributed by atoms with Gasteiger partial charge in [0.1, 0.15) is 0 Å². The molecule has 0 unspecified atom stereocenters. The lowest BCUT2D eigenvalue weighted by Crippen LogP contribution is -2.14. The second kappa shape index (κ2) is 8.63. The van der Waals surface area contributed by atoms with Crippen molar-refractivity contribution in [3.8, 4) is 11.3 Å². The summed E-state index contributed by atoms with van der Waals surface area (Å²) < 4.78 is 39.3. The molecule has 4 rings (SSSR count). The predicted octanol–water partition coefficient (Wildman–Crippen LogP) is 7.39. The van der Waals surface area contributed by atoms with E-state index < -0.39 is 17.6 Å². The molecule has 0 bridgehead atoms. The first-order chi connectivity index (χ1) is 15.3. The first-order valence-electron chi connectivity index (χ1n) is 9.93. The van der Waals surface area contributed by atoms with Crippen LogP contribution in [0.3, 0.4) is 0 Å². The number of rotatable bonds is 4. The molecule has 0 aliphatic heterocycles. The molecule has 0 fully saturated rings. The van der Waals surface area contributed by atoms with Gasteiger partial charge in [0.2, 0.25) is 0 Å². The number of nitrogens with zero attached hydrogens (tertiary/aromatic N) is 1. The van der Waals surface area contributed by atoms with Crippen LogP contribution in [-0.4, -0.2) is 10.9 Å².